The molecule has 1 rings (SSSR count). The van der Waals surface area contributed by atoms with Gasteiger partial charge in [-0.2, -0.15) is 5.10 Å². The molecule has 0 fully saturated rings. The second-order valence-corrected chi connectivity index (χ2v) is 3.77. The van der Waals surface area contributed by atoms with E-state index in [4.69, 9.17) is 12.2 Å². The first-order valence-corrected chi connectivity index (χ1v) is 5.07. The maximum atomic E-state index is 4.85. The Hall–Kier alpha value is -0.940. The third-order valence-electron chi connectivity index (χ3n) is 1.48. The minimum Gasteiger partial charge on any atom is -0.364 e. The molecule has 1 aromatic heterocycles. The van der Waals surface area contributed by atoms with Crippen molar-refractivity contribution in [2.45, 2.75) is 6.92 Å². The molecule has 0 aliphatic carbocycles. The van der Waals surface area contributed by atoms with Crippen molar-refractivity contribution in [1.29, 1.82) is 0 Å². The van der Waals surface area contributed by atoms with Crippen molar-refractivity contribution in [2.75, 3.05) is 7.05 Å². The van der Waals surface area contributed by atoms with E-state index in [0.717, 1.165) is 4.88 Å². The first kappa shape index (κ1) is 10.1. The average molecular weight is 213 g/mol. The Morgan fingerprint density at radius 2 is 2.46 bits per heavy atom. The molecule has 13 heavy (non-hydrogen) atoms. The molecule has 0 atom stereocenters. The zero-order valence-corrected chi connectivity index (χ0v) is 9.13. The maximum absolute atomic E-state index is 4.85. The van der Waals surface area contributed by atoms with Crippen LogP contribution in [0, 0.1) is 6.92 Å². The highest BCUT2D eigenvalue weighted by atomic mass is 32.1. The molecule has 0 radical (unpaired) electrons. The summed E-state index contributed by atoms with van der Waals surface area (Å²) in [4.78, 5) is 1.14. The van der Waals surface area contributed by atoms with Gasteiger partial charge >= 0.3 is 0 Å². The van der Waals surface area contributed by atoms with E-state index in [-0.39, 0.29) is 0 Å². The standard InChI is InChI=1S/C8H11N3S2/c1-6-3-4-13-7(6)5-10-11-8(12)9-2/h3-5H,1-2H3,(H2,9,11,12)/b10-5-. The Kier molecular flexibility index (Phi) is 3.85. The predicted molar refractivity (Wildman–Crippen MR) is 61.4 cm³/mol. The van der Waals surface area contributed by atoms with Gasteiger partial charge in [-0.05, 0) is 36.2 Å². The molecule has 2 N–H and O–H groups in total. The summed E-state index contributed by atoms with van der Waals surface area (Å²) in [6, 6.07) is 2.06. The van der Waals surface area contributed by atoms with Gasteiger partial charge < -0.3 is 5.32 Å². The molecule has 0 spiro atoms. The lowest BCUT2D eigenvalue weighted by atomic mass is 10.3. The summed E-state index contributed by atoms with van der Waals surface area (Å²) in [5, 5.41) is 9.30. The molecule has 1 heterocycles. The molecular weight excluding hydrogens is 202 g/mol. The van der Waals surface area contributed by atoms with Crippen LogP contribution in [0.5, 0.6) is 0 Å². The fourth-order valence-corrected chi connectivity index (χ4v) is 1.56. The van der Waals surface area contributed by atoms with Crippen LogP contribution >= 0.6 is 23.6 Å². The number of thiocarbonyl (C=S) groups is 1. The van der Waals surface area contributed by atoms with E-state index < -0.39 is 0 Å². The summed E-state index contributed by atoms with van der Waals surface area (Å²) in [6.07, 6.45) is 1.77. The van der Waals surface area contributed by atoms with Crippen molar-refractivity contribution in [2.24, 2.45) is 5.10 Å². The molecule has 0 saturated carbocycles. The largest absolute Gasteiger partial charge is 0.364 e. The van der Waals surface area contributed by atoms with Gasteiger partial charge in [-0.25, -0.2) is 0 Å². The van der Waals surface area contributed by atoms with E-state index in [9.17, 15) is 0 Å². The minimum atomic E-state index is 0.519. The van der Waals surface area contributed by atoms with Crippen LogP contribution < -0.4 is 10.7 Å². The van der Waals surface area contributed by atoms with Gasteiger partial charge in [0.25, 0.3) is 0 Å². The van der Waals surface area contributed by atoms with Crippen molar-refractivity contribution in [1.82, 2.24) is 10.7 Å². The summed E-state index contributed by atoms with van der Waals surface area (Å²) in [7, 11) is 1.75. The number of aryl methyl sites for hydroxylation is 1. The molecule has 0 aliphatic heterocycles. The van der Waals surface area contributed by atoms with Crippen LogP contribution in [0.2, 0.25) is 0 Å². The highest BCUT2D eigenvalue weighted by Gasteiger charge is 1.94. The monoisotopic (exact) mass is 213 g/mol. The minimum absolute atomic E-state index is 0.519. The third-order valence-corrected chi connectivity index (χ3v) is 2.73. The summed E-state index contributed by atoms with van der Waals surface area (Å²) in [6.45, 7) is 2.05. The molecule has 5 heteroatoms. The Morgan fingerprint density at radius 3 is 3.00 bits per heavy atom. The van der Waals surface area contributed by atoms with Crippen molar-refractivity contribution in [3.05, 3.63) is 21.9 Å². The lowest BCUT2D eigenvalue weighted by Crippen LogP contribution is -2.28. The summed E-state index contributed by atoms with van der Waals surface area (Å²) in [5.74, 6) is 0. The fourth-order valence-electron chi connectivity index (χ4n) is 0.722. The van der Waals surface area contributed by atoms with Crippen LogP contribution in [-0.4, -0.2) is 18.4 Å². The normalized spacial score (nSPS) is 10.3. The van der Waals surface area contributed by atoms with E-state index in [1.54, 1.807) is 24.6 Å². The number of nitrogens with zero attached hydrogens (tertiary/aromatic N) is 1. The number of hydrazone groups is 1. The summed E-state index contributed by atoms with van der Waals surface area (Å²) < 4.78 is 0. The molecule has 0 saturated heterocycles. The summed E-state index contributed by atoms with van der Waals surface area (Å²) >= 11 is 6.51. The van der Waals surface area contributed by atoms with E-state index in [1.807, 2.05) is 12.3 Å². The van der Waals surface area contributed by atoms with Crippen LogP contribution in [0.3, 0.4) is 0 Å². The Morgan fingerprint density at radius 1 is 1.69 bits per heavy atom. The first-order chi connectivity index (χ1) is 6.24. The van der Waals surface area contributed by atoms with Crippen LogP contribution in [0.4, 0.5) is 0 Å². The van der Waals surface area contributed by atoms with Crippen molar-refractivity contribution in [3.8, 4) is 0 Å². The predicted octanol–water partition coefficient (Wildman–Crippen LogP) is 1.48. The fraction of sp³-hybridized carbons (Fsp3) is 0.250. The van der Waals surface area contributed by atoms with E-state index in [2.05, 4.69) is 21.9 Å². The molecule has 1 aromatic rings. The van der Waals surface area contributed by atoms with Gasteiger partial charge in [0, 0.05) is 11.9 Å². The van der Waals surface area contributed by atoms with Crippen LogP contribution in [0.25, 0.3) is 0 Å². The van der Waals surface area contributed by atoms with Crippen LogP contribution in [-0.2, 0) is 0 Å². The lowest BCUT2D eigenvalue weighted by molar-refractivity contribution is 0.982. The number of nitrogens with one attached hydrogen (secondary N) is 2. The average Bonchev–Trinajstić information content (AvgIpc) is 2.52. The zero-order valence-electron chi connectivity index (χ0n) is 7.50. The highest BCUT2D eigenvalue weighted by Crippen LogP contribution is 2.11. The second-order valence-electron chi connectivity index (χ2n) is 2.42. The Labute approximate surface area is 86.9 Å². The number of rotatable bonds is 2. The van der Waals surface area contributed by atoms with Gasteiger partial charge in [0.15, 0.2) is 5.11 Å². The topological polar surface area (TPSA) is 36.4 Å². The van der Waals surface area contributed by atoms with Gasteiger partial charge in [-0.1, -0.05) is 0 Å². The molecule has 70 valence electrons. The van der Waals surface area contributed by atoms with E-state index in [0.29, 0.717) is 5.11 Å². The number of hydrogen-bond acceptors (Lipinski definition) is 3. The van der Waals surface area contributed by atoms with Crippen LogP contribution in [0.15, 0.2) is 16.5 Å². The smallest absolute Gasteiger partial charge is 0.186 e. The van der Waals surface area contributed by atoms with Crippen molar-refractivity contribution < 1.29 is 0 Å². The van der Waals surface area contributed by atoms with Crippen molar-refractivity contribution >= 4 is 34.9 Å². The molecule has 0 aliphatic rings. The van der Waals surface area contributed by atoms with Crippen molar-refractivity contribution in [3.63, 3.8) is 0 Å². The second kappa shape index (κ2) is 4.94. The Balaban J connectivity index is 2.50. The van der Waals surface area contributed by atoms with Gasteiger partial charge in [0.05, 0.1) is 6.21 Å². The van der Waals surface area contributed by atoms with E-state index in [1.165, 1.54) is 5.56 Å². The highest BCUT2D eigenvalue weighted by molar-refractivity contribution is 7.80. The quantitative estimate of drug-likeness (QED) is 0.444. The summed E-state index contributed by atoms with van der Waals surface area (Å²) in [5.41, 5.74) is 3.92. The molecule has 0 bridgehead atoms. The first-order valence-electron chi connectivity index (χ1n) is 3.79. The third kappa shape index (κ3) is 3.12. The molecule has 3 nitrogen and oxygen atoms in total. The molecule has 0 aromatic carbocycles. The maximum Gasteiger partial charge on any atom is 0.186 e. The Bertz CT molecular complexity index is 317. The van der Waals surface area contributed by atoms with Gasteiger partial charge in [-0.15, -0.1) is 11.3 Å². The molecule has 0 amide bonds. The lowest BCUT2D eigenvalue weighted by Gasteiger charge is -1.98. The van der Waals surface area contributed by atoms with E-state index >= 15 is 0 Å². The zero-order chi connectivity index (χ0) is 9.68. The number of thiophene rings is 1. The number of hydrogen-bond donors (Lipinski definition) is 2. The SMILES string of the molecule is CNC(=S)N/N=C\c1sccc1C. The van der Waals surface area contributed by atoms with Gasteiger partial charge in [0.1, 0.15) is 0 Å². The molecular formula is C8H11N3S2. The van der Waals surface area contributed by atoms with Gasteiger partial charge in [0.2, 0.25) is 0 Å². The molecule has 0 unspecified atom stereocenters. The van der Waals surface area contributed by atoms with Crippen LogP contribution in [0.1, 0.15) is 10.4 Å². The van der Waals surface area contributed by atoms with Gasteiger partial charge in [-0.3, -0.25) is 5.43 Å².